The van der Waals surface area contributed by atoms with Crippen LogP contribution in [0.3, 0.4) is 0 Å². The van der Waals surface area contributed by atoms with Gasteiger partial charge in [-0.15, -0.1) is 0 Å². The minimum atomic E-state index is -0.0987. The van der Waals surface area contributed by atoms with Gasteiger partial charge in [-0.05, 0) is 31.8 Å². The van der Waals surface area contributed by atoms with E-state index in [1.807, 2.05) is 0 Å². The number of allylic oxidation sites excluding steroid dienone is 1. The molecule has 0 aliphatic heterocycles. The molecule has 0 bridgehead atoms. The van der Waals surface area contributed by atoms with Gasteiger partial charge in [0.2, 0.25) is 0 Å². The third-order valence-corrected chi connectivity index (χ3v) is 6.91. The molecule has 4 heteroatoms. The molecule has 0 rings (SSSR count). The Bertz CT molecular complexity index is 407. The molecule has 0 aromatic heterocycles. The molecule has 0 spiro atoms. The van der Waals surface area contributed by atoms with Crippen LogP contribution < -0.4 is 0 Å². The second-order valence-electron chi connectivity index (χ2n) is 10.7. The number of hydrogen-bond donors (Lipinski definition) is 0. The van der Waals surface area contributed by atoms with Crippen LogP contribution in [0.5, 0.6) is 0 Å². The van der Waals surface area contributed by atoms with E-state index in [1.54, 1.807) is 6.26 Å². The molecule has 0 aliphatic carbocycles. The monoisotopic (exact) mass is 526 g/mol. The van der Waals surface area contributed by atoms with E-state index in [2.05, 4.69) is 26.8 Å². The van der Waals surface area contributed by atoms with Gasteiger partial charge in [-0.3, -0.25) is 0 Å². The van der Waals surface area contributed by atoms with Crippen molar-refractivity contribution < 1.29 is 18.9 Å². The highest BCUT2D eigenvalue weighted by Gasteiger charge is 2.08. The molecular weight excluding hydrogens is 460 g/mol. The lowest BCUT2D eigenvalue weighted by atomic mass is 10.1. The van der Waals surface area contributed by atoms with Crippen molar-refractivity contribution in [1.29, 1.82) is 0 Å². The summed E-state index contributed by atoms with van der Waals surface area (Å²) in [7, 11) is 0. The third kappa shape index (κ3) is 31.5. The Morgan fingerprint density at radius 1 is 0.486 bits per heavy atom. The quantitative estimate of drug-likeness (QED) is 0.0496. The Balaban J connectivity index is 3.88. The van der Waals surface area contributed by atoms with Gasteiger partial charge in [0.1, 0.15) is 0 Å². The van der Waals surface area contributed by atoms with Crippen LogP contribution in [0, 0.1) is 0 Å². The van der Waals surface area contributed by atoms with Crippen molar-refractivity contribution in [2.24, 2.45) is 0 Å². The van der Waals surface area contributed by atoms with Gasteiger partial charge in [-0.25, -0.2) is 0 Å². The molecule has 4 nitrogen and oxygen atoms in total. The van der Waals surface area contributed by atoms with Crippen LogP contribution >= 0.6 is 0 Å². The Morgan fingerprint density at radius 3 is 1.35 bits per heavy atom. The zero-order valence-electron chi connectivity index (χ0n) is 25.5. The second kappa shape index (κ2) is 33.4. The first-order valence-electron chi connectivity index (χ1n) is 16.4. The molecule has 0 unspecified atom stereocenters. The van der Waals surface area contributed by atoms with Crippen LogP contribution in [-0.2, 0) is 18.9 Å². The van der Waals surface area contributed by atoms with Crippen molar-refractivity contribution in [3.63, 3.8) is 0 Å². The minimum Gasteiger partial charge on any atom is -0.475 e. The number of ether oxygens (including phenoxy) is 4. The lowest BCUT2D eigenvalue weighted by Crippen LogP contribution is -2.18. The van der Waals surface area contributed by atoms with Gasteiger partial charge in [-0.1, -0.05) is 136 Å². The summed E-state index contributed by atoms with van der Waals surface area (Å²) >= 11 is 0. The average molecular weight is 527 g/mol. The van der Waals surface area contributed by atoms with Crippen LogP contribution in [0.15, 0.2) is 12.3 Å². The van der Waals surface area contributed by atoms with Crippen LogP contribution in [0.25, 0.3) is 0 Å². The summed E-state index contributed by atoms with van der Waals surface area (Å²) in [4.78, 5) is 0. The summed E-state index contributed by atoms with van der Waals surface area (Å²) in [6.45, 7) is 9.56. The van der Waals surface area contributed by atoms with Crippen molar-refractivity contribution in [3.05, 3.63) is 12.3 Å². The maximum Gasteiger partial charge on any atom is 0.188 e. The molecule has 0 saturated carbocycles. The van der Waals surface area contributed by atoms with Crippen molar-refractivity contribution in [3.8, 4) is 0 Å². The molecule has 0 saturated heterocycles. The molecule has 0 N–H and O–H groups in total. The van der Waals surface area contributed by atoms with Crippen LogP contribution in [-0.4, -0.2) is 32.9 Å². The number of rotatable bonds is 32. The van der Waals surface area contributed by atoms with Crippen LogP contribution in [0.4, 0.5) is 0 Å². The second-order valence-corrected chi connectivity index (χ2v) is 10.7. The van der Waals surface area contributed by atoms with Crippen molar-refractivity contribution in [2.75, 3.05) is 26.6 Å². The van der Waals surface area contributed by atoms with E-state index in [1.165, 1.54) is 116 Å². The van der Waals surface area contributed by atoms with E-state index in [0.29, 0.717) is 6.79 Å². The zero-order valence-corrected chi connectivity index (χ0v) is 25.5. The number of unbranched alkanes of at least 4 members (excludes halogenated alkanes) is 18. The Hall–Kier alpha value is -0.580. The Labute approximate surface area is 232 Å². The predicted octanol–water partition coefficient (Wildman–Crippen LogP) is 10.9. The van der Waals surface area contributed by atoms with Gasteiger partial charge in [-0.2, -0.15) is 0 Å². The molecule has 0 aromatic carbocycles. The van der Waals surface area contributed by atoms with E-state index in [9.17, 15) is 0 Å². The SMILES string of the molecule is CCCCCCCCCOCOC=CCCC(OCCCCCCCCC)OCCCCCCCCC. The molecular formula is C33H66O4. The van der Waals surface area contributed by atoms with E-state index >= 15 is 0 Å². The van der Waals surface area contributed by atoms with Gasteiger partial charge < -0.3 is 18.9 Å². The summed E-state index contributed by atoms with van der Waals surface area (Å²) in [6, 6.07) is 0. The first kappa shape index (κ1) is 36.4. The van der Waals surface area contributed by atoms with Gasteiger partial charge >= 0.3 is 0 Å². The molecule has 0 radical (unpaired) electrons. The maximum atomic E-state index is 6.12. The fourth-order valence-corrected chi connectivity index (χ4v) is 4.44. The molecule has 0 atom stereocenters. The van der Waals surface area contributed by atoms with Crippen molar-refractivity contribution >= 4 is 0 Å². The van der Waals surface area contributed by atoms with Gasteiger partial charge in [0, 0.05) is 19.6 Å². The van der Waals surface area contributed by atoms with E-state index in [4.69, 9.17) is 18.9 Å². The Morgan fingerprint density at radius 2 is 0.892 bits per heavy atom. The standard InChI is InChI=1S/C33H66O4/c1-4-7-10-13-16-19-23-28-34-32-35-29-26-22-27-33(36-30-24-20-17-14-11-8-5-2)37-31-25-21-18-15-12-9-6-3/h26,29,33H,4-25,27-28,30-32H2,1-3H3. The summed E-state index contributed by atoms with van der Waals surface area (Å²) in [6.07, 6.45) is 33.0. The summed E-state index contributed by atoms with van der Waals surface area (Å²) in [5.41, 5.74) is 0. The van der Waals surface area contributed by atoms with Gasteiger partial charge in [0.05, 0.1) is 12.9 Å². The van der Waals surface area contributed by atoms with Gasteiger partial charge in [0.25, 0.3) is 0 Å². The van der Waals surface area contributed by atoms with Crippen LogP contribution in [0.2, 0.25) is 0 Å². The minimum absolute atomic E-state index is 0.0987. The van der Waals surface area contributed by atoms with Crippen LogP contribution in [0.1, 0.15) is 168 Å². The van der Waals surface area contributed by atoms with E-state index < -0.39 is 0 Å². The summed E-state index contributed by atoms with van der Waals surface area (Å²) in [5.74, 6) is 0. The largest absolute Gasteiger partial charge is 0.475 e. The smallest absolute Gasteiger partial charge is 0.188 e. The van der Waals surface area contributed by atoms with Gasteiger partial charge in [0.15, 0.2) is 13.1 Å². The fourth-order valence-electron chi connectivity index (χ4n) is 4.44. The van der Waals surface area contributed by atoms with E-state index in [0.717, 1.165) is 51.9 Å². The average Bonchev–Trinajstić information content (AvgIpc) is 2.91. The first-order chi connectivity index (χ1) is 18.3. The molecule has 222 valence electrons. The van der Waals surface area contributed by atoms with Crippen molar-refractivity contribution in [2.45, 2.75) is 175 Å². The maximum absolute atomic E-state index is 6.12. The third-order valence-electron chi connectivity index (χ3n) is 6.91. The first-order valence-corrected chi connectivity index (χ1v) is 16.4. The number of hydrogen-bond acceptors (Lipinski definition) is 4. The molecule has 0 aromatic rings. The lowest BCUT2D eigenvalue weighted by Gasteiger charge is -2.18. The molecule has 37 heavy (non-hydrogen) atoms. The predicted molar refractivity (Wildman–Crippen MR) is 160 cm³/mol. The topological polar surface area (TPSA) is 36.9 Å². The summed E-state index contributed by atoms with van der Waals surface area (Å²) < 4.78 is 23.3. The molecule has 0 aliphatic rings. The fraction of sp³-hybridized carbons (Fsp3) is 0.939. The highest BCUT2D eigenvalue weighted by Crippen LogP contribution is 2.12. The van der Waals surface area contributed by atoms with E-state index in [-0.39, 0.29) is 6.29 Å². The summed E-state index contributed by atoms with van der Waals surface area (Å²) in [5, 5.41) is 0. The normalized spacial score (nSPS) is 11.8. The zero-order chi connectivity index (χ0) is 26.9. The van der Waals surface area contributed by atoms with Crippen molar-refractivity contribution in [1.82, 2.24) is 0 Å². The molecule has 0 fully saturated rings. The highest BCUT2D eigenvalue weighted by atomic mass is 16.7. The Kier molecular flexibility index (Phi) is 32.9. The highest BCUT2D eigenvalue weighted by molar-refractivity contribution is 4.73. The molecule has 0 amide bonds. The molecule has 0 heterocycles. The lowest BCUT2D eigenvalue weighted by molar-refractivity contribution is -0.146.